The highest BCUT2D eigenvalue weighted by molar-refractivity contribution is 7.91. The third kappa shape index (κ3) is 4.46. The largest absolute Gasteiger partial charge is 0.465 e. The maximum absolute atomic E-state index is 12.5. The Labute approximate surface area is 123 Å². The number of carbonyl (C=O) groups excluding carboxylic acids is 1. The van der Waals surface area contributed by atoms with Gasteiger partial charge in [0.2, 0.25) is 0 Å². The van der Waals surface area contributed by atoms with Gasteiger partial charge in [-0.1, -0.05) is 13.8 Å². The first-order valence-electron chi connectivity index (χ1n) is 6.27. The molecule has 0 saturated heterocycles. The number of hydrogen-bond donors (Lipinski definition) is 1. The summed E-state index contributed by atoms with van der Waals surface area (Å²) in [5, 5.41) is 1.56. The van der Waals surface area contributed by atoms with E-state index in [2.05, 4.69) is 0 Å². The summed E-state index contributed by atoms with van der Waals surface area (Å²) in [7, 11) is -3.72. The zero-order valence-corrected chi connectivity index (χ0v) is 13.5. The maximum Gasteiger partial charge on any atom is 0.321 e. The third-order valence-electron chi connectivity index (χ3n) is 2.37. The van der Waals surface area contributed by atoms with Crippen molar-refractivity contribution in [3.05, 3.63) is 11.4 Å². The smallest absolute Gasteiger partial charge is 0.321 e. The third-order valence-corrected chi connectivity index (χ3v) is 5.61. The Morgan fingerprint density at radius 1 is 1.50 bits per heavy atom. The highest BCUT2D eigenvalue weighted by Crippen LogP contribution is 2.25. The molecular formula is C12H20N2O4S2. The summed E-state index contributed by atoms with van der Waals surface area (Å²) in [6.07, 6.45) is 0. The fourth-order valence-corrected chi connectivity index (χ4v) is 4.38. The predicted octanol–water partition coefficient (Wildman–Crippen LogP) is 1.54. The van der Waals surface area contributed by atoms with E-state index in [-0.39, 0.29) is 29.8 Å². The SMILES string of the molecule is CCOC(=O)CN(CC(C)C)S(=O)(=O)c1cc(N)cs1. The minimum absolute atomic E-state index is 0.0940. The van der Waals surface area contributed by atoms with Crippen LogP contribution in [-0.2, 0) is 19.6 Å². The van der Waals surface area contributed by atoms with Crippen LogP contribution in [-0.4, -0.2) is 38.4 Å². The lowest BCUT2D eigenvalue weighted by atomic mass is 10.2. The number of anilines is 1. The number of rotatable bonds is 7. The van der Waals surface area contributed by atoms with Gasteiger partial charge in [0.25, 0.3) is 10.0 Å². The molecule has 0 saturated carbocycles. The standard InChI is InChI=1S/C12H20N2O4S2/c1-4-18-11(15)7-14(6-9(2)3)20(16,17)12-5-10(13)8-19-12/h5,8-9H,4,6-7,13H2,1-3H3. The van der Waals surface area contributed by atoms with Gasteiger partial charge in [0, 0.05) is 17.6 Å². The summed E-state index contributed by atoms with van der Waals surface area (Å²) in [5.74, 6) is -0.460. The zero-order chi connectivity index (χ0) is 15.3. The van der Waals surface area contributed by atoms with E-state index in [9.17, 15) is 13.2 Å². The van der Waals surface area contributed by atoms with Crippen molar-refractivity contribution in [1.82, 2.24) is 4.31 Å². The summed E-state index contributed by atoms with van der Waals surface area (Å²) in [5.41, 5.74) is 5.96. The topological polar surface area (TPSA) is 89.7 Å². The molecule has 0 radical (unpaired) electrons. The Kier molecular flexibility index (Phi) is 5.97. The maximum atomic E-state index is 12.5. The molecule has 20 heavy (non-hydrogen) atoms. The minimum Gasteiger partial charge on any atom is -0.465 e. The van der Waals surface area contributed by atoms with Crippen LogP contribution in [0, 0.1) is 5.92 Å². The van der Waals surface area contributed by atoms with Gasteiger partial charge in [-0.15, -0.1) is 11.3 Å². The molecule has 0 aliphatic rings. The van der Waals surface area contributed by atoms with Crippen LogP contribution in [0.5, 0.6) is 0 Å². The van der Waals surface area contributed by atoms with E-state index < -0.39 is 16.0 Å². The van der Waals surface area contributed by atoms with Crippen molar-refractivity contribution in [2.75, 3.05) is 25.4 Å². The van der Waals surface area contributed by atoms with Crippen LogP contribution < -0.4 is 5.73 Å². The van der Waals surface area contributed by atoms with Crippen molar-refractivity contribution in [2.24, 2.45) is 5.92 Å². The van der Waals surface area contributed by atoms with E-state index in [0.717, 1.165) is 15.6 Å². The van der Waals surface area contributed by atoms with Crippen molar-refractivity contribution in [2.45, 2.75) is 25.0 Å². The molecule has 0 bridgehead atoms. The van der Waals surface area contributed by atoms with Crippen LogP contribution in [0.1, 0.15) is 20.8 Å². The number of nitrogens with two attached hydrogens (primary N) is 1. The molecule has 0 spiro atoms. The Morgan fingerprint density at radius 2 is 2.15 bits per heavy atom. The van der Waals surface area contributed by atoms with E-state index in [1.54, 1.807) is 12.3 Å². The lowest BCUT2D eigenvalue weighted by molar-refractivity contribution is -0.143. The lowest BCUT2D eigenvalue weighted by Crippen LogP contribution is -2.38. The molecule has 1 aromatic heterocycles. The van der Waals surface area contributed by atoms with E-state index in [4.69, 9.17) is 10.5 Å². The zero-order valence-electron chi connectivity index (χ0n) is 11.8. The van der Waals surface area contributed by atoms with E-state index in [1.807, 2.05) is 13.8 Å². The first-order valence-corrected chi connectivity index (χ1v) is 8.59. The Bertz CT molecular complexity index is 552. The van der Waals surface area contributed by atoms with Gasteiger partial charge >= 0.3 is 5.97 Å². The van der Waals surface area contributed by atoms with Crippen LogP contribution in [0.4, 0.5) is 5.69 Å². The summed E-state index contributed by atoms with van der Waals surface area (Å²) < 4.78 is 31.1. The normalized spacial score (nSPS) is 12.1. The molecule has 1 rings (SSSR count). The van der Waals surface area contributed by atoms with Crippen LogP contribution in [0.15, 0.2) is 15.7 Å². The number of sulfonamides is 1. The highest BCUT2D eigenvalue weighted by atomic mass is 32.2. The molecule has 0 aromatic carbocycles. The molecule has 2 N–H and O–H groups in total. The highest BCUT2D eigenvalue weighted by Gasteiger charge is 2.29. The van der Waals surface area contributed by atoms with Crippen LogP contribution in [0.2, 0.25) is 0 Å². The van der Waals surface area contributed by atoms with Gasteiger partial charge in [0.1, 0.15) is 10.8 Å². The lowest BCUT2D eigenvalue weighted by Gasteiger charge is -2.22. The Balaban J connectivity index is 3.00. The summed E-state index contributed by atoms with van der Waals surface area (Å²) in [6.45, 7) is 5.64. The van der Waals surface area contributed by atoms with Gasteiger partial charge in [-0.2, -0.15) is 4.31 Å². The summed E-state index contributed by atoms with van der Waals surface area (Å²) in [6, 6.07) is 1.40. The first kappa shape index (κ1) is 16.9. The Hall–Kier alpha value is -1.12. The van der Waals surface area contributed by atoms with Crippen LogP contribution in [0.25, 0.3) is 0 Å². The van der Waals surface area contributed by atoms with E-state index in [0.29, 0.717) is 5.69 Å². The predicted molar refractivity (Wildman–Crippen MR) is 79.0 cm³/mol. The number of hydrogen-bond acceptors (Lipinski definition) is 6. The van der Waals surface area contributed by atoms with Crippen molar-refractivity contribution in [1.29, 1.82) is 0 Å². The second kappa shape index (κ2) is 7.05. The van der Waals surface area contributed by atoms with Gasteiger partial charge in [-0.05, 0) is 18.9 Å². The van der Waals surface area contributed by atoms with Crippen LogP contribution >= 0.6 is 11.3 Å². The molecule has 0 aliphatic carbocycles. The molecular weight excluding hydrogens is 300 g/mol. The number of ether oxygens (including phenoxy) is 1. The monoisotopic (exact) mass is 320 g/mol. The van der Waals surface area contributed by atoms with E-state index in [1.165, 1.54) is 6.07 Å². The van der Waals surface area contributed by atoms with Crippen LogP contribution in [0.3, 0.4) is 0 Å². The van der Waals surface area contributed by atoms with Gasteiger partial charge in [0.05, 0.1) is 6.61 Å². The van der Waals surface area contributed by atoms with Crippen molar-refractivity contribution >= 4 is 33.0 Å². The molecule has 1 heterocycles. The average molecular weight is 320 g/mol. The number of thiophene rings is 1. The fourth-order valence-electron chi connectivity index (χ4n) is 1.60. The second-order valence-corrected chi connectivity index (χ2v) is 7.77. The molecule has 0 unspecified atom stereocenters. The van der Waals surface area contributed by atoms with E-state index >= 15 is 0 Å². The minimum atomic E-state index is -3.72. The molecule has 8 heteroatoms. The number of nitrogens with zero attached hydrogens (tertiary/aromatic N) is 1. The van der Waals surface area contributed by atoms with Crippen molar-refractivity contribution in [3.8, 4) is 0 Å². The molecule has 1 aromatic rings. The Morgan fingerprint density at radius 3 is 2.60 bits per heavy atom. The number of nitrogen functional groups attached to an aromatic ring is 1. The fraction of sp³-hybridized carbons (Fsp3) is 0.583. The molecule has 0 amide bonds. The molecule has 0 fully saturated rings. The quantitative estimate of drug-likeness (QED) is 0.770. The first-order chi connectivity index (χ1) is 9.27. The molecule has 6 nitrogen and oxygen atoms in total. The molecule has 114 valence electrons. The summed E-state index contributed by atoms with van der Waals surface area (Å²) >= 11 is 1.05. The summed E-state index contributed by atoms with van der Waals surface area (Å²) in [4.78, 5) is 11.6. The number of esters is 1. The molecule has 0 atom stereocenters. The van der Waals surface area contributed by atoms with Gasteiger partial charge in [0.15, 0.2) is 0 Å². The average Bonchev–Trinajstić information content (AvgIpc) is 2.75. The van der Waals surface area contributed by atoms with Gasteiger partial charge < -0.3 is 10.5 Å². The van der Waals surface area contributed by atoms with Gasteiger partial charge in [-0.3, -0.25) is 4.79 Å². The van der Waals surface area contributed by atoms with Crippen molar-refractivity contribution in [3.63, 3.8) is 0 Å². The second-order valence-electron chi connectivity index (χ2n) is 4.70. The van der Waals surface area contributed by atoms with Crippen molar-refractivity contribution < 1.29 is 17.9 Å². The van der Waals surface area contributed by atoms with Gasteiger partial charge in [-0.25, -0.2) is 8.42 Å². The number of carbonyl (C=O) groups is 1. The molecule has 0 aliphatic heterocycles.